The summed E-state index contributed by atoms with van der Waals surface area (Å²) >= 11 is 0. The number of hydrogen-bond donors (Lipinski definition) is 2. The Bertz CT molecular complexity index is 851. The van der Waals surface area contributed by atoms with Crippen molar-refractivity contribution in [3.05, 3.63) is 65.9 Å². The Morgan fingerprint density at radius 2 is 2.10 bits per heavy atom. The van der Waals surface area contributed by atoms with E-state index in [0.717, 1.165) is 56.7 Å². The predicted octanol–water partition coefficient (Wildman–Crippen LogP) is 3.36. The summed E-state index contributed by atoms with van der Waals surface area (Å²) in [6, 6.07) is 14.9. The number of likely N-dealkylation sites (tertiary alicyclic amines) is 1. The number of anilines is 1. The topological polar surface area (TPSA) is 75.7 Å². The second-order valence-corrected chi connectivity index (χ2v) is 8.04. The van der Waals surface area contributed by atoms with Crippen molar-refractivity contribution >= 4 is 17.8 Å². The molecule has 7 nitrogen and oxygen atoms in total. The van der Waals surface area contributed by atoms with E-state index in [-0.39, 0.29) is 12.2 Å². The summed E-state index contributed by atoms with van der Waals surface area (Å²) in [5.41, 5.74) is 4.61. The minimum Gasteiger partial charge on any atom is -0.366 e. The van der Waals surface area contributed by atoms with Gasteiger partial charge in [0.1, 0.15) is 5.82 Å². The van der Waals surface area contributed by atoms with Crippen molar-refractivity contribution in [3.63, 3.8) is 0 Å². The van der Waals surface area contributed by atoms with Gasteiger partial charge in [0.25, 0.3) is 5.91 Å². The predicted molar refractivity (Wildman–Crippen MR) is 120 cm³/mol. The van der Waals surface area contributed by atoms with Crippen molar-refractivity contribution < 1.29 is 14.4 Å². The fourth-order valence-electron chi connectivity index (χ4n) is 3.87. The molecule has 1 aromatic heterocycles. The van der Waals surface area contributed by atoms with Gasteiger partial charge in [0, 0.05) is 51.0 Å². The highest BCUT2D eigenvalue weighted by atomic mass is 16.8. The molecule has 2 aliphatic rings. The smallest absolute Gasteiger partial charge is 0.267 e. The van der Waals surface area contributed by atoms with Gasteiger partial charge in [0.2, 0.25) is 0 Å². The number of benzene rings is 1. The lowest BCUT2D eigenvalue weighted by atomic mass is 10.2. The molecule has 7 heteroatoms. The molecule has 4 rings (SSSR count). The molecule has 2 fully saturated rings. The molecule has 1 amide bonds. The van der Waals surface area contributed by atoms with Crippen LogP contribution in [0.15, 0.2) is 54.7 Å². The summed E-state index contributed by atoms with van der Waals surface area (Å²) in [6.07, 6.45) is 8.55. The number of hydroxylamine groups is 1. The van der Waals surface area contributed by atoms with Gasteiger partial charge in [-0.1, -0.05) is 30.3 Å². The van der Waals surface area contributed by atoms with Crippen LogP contribution >= 0.6 is 0 Å². The number of aromatic nitrogens is 1. The number of rotatable bonds is 8. The summed E-state index contributed by atoms with van der Waals surface area (Å²) in [4.78, 5) is 24.1. The van der Waals surface area contributed by atoms with Gasteiger partial charge < -0.3 is 10.1 Å². The van der Waals surface area contributed by atoms with Crippen LogP contribution in [0.1, 0.15) is 36.8 Å². The molecule has 1 unspecified atom stereocenters. The molecular weight excluding hydrogens is 392 g/mol. The largest absolute Gasteiger partial charge is 0.366 e. The summed E-state index contributed by atoms with van der Waals surface area (Å²) in [5, 5.41) is 3.52. The molecule has 0 spiro atoms. The van der Waals surface area contributed by atoms with Gasteiger partial charge in [0.05, 0.1) is 0 Å². The Balaban J connectivity index is 1.19. The van der Waals surface area contributed by atoms with E-state index in [4.69, 9.17) is 9.57 Å². The molecule has 1 aromatic carbocycles. The van der Waals surface area contributed by atoms with Crippen LogP contribution in [0.4, 0.5) is 5.82 Å². The van der Waals surface area contributed by atoms with Gasteiger partial charge in [-0.15, -0.1) is 0 Å². The van der Waals surface area contributed by atoms with Gasteiger partial charge >= 0.3 is 0 Å². The van der Waals surface area contributed by atoms with E-state index in [1.807, 2.05) is 12.1 Å². The molecule has 2 aliphatic heterocycles. The number of amides is 1. The third kappa shape index (κ3) is 6.89. The van der Waals surface area contributed by atoms with Gasteiger partial charge in [-0.3, -0.25) is 9.69 Å². The van der Waals surface area contributed by atoms with Crippen LogP contribution in [0.25, 0.3) is 6.08 Å². The Labute approximate surface area is 183 Å². The zero-order valence-electron chi connectivity index (χ0n) is 17.7. The minimum absolute atomic E-state index is 0.319. The third-order valence-electron chi connectivity index (χ3n) is 5.52. The Morgan fingerprint density at radius 1 is 1.19 bits per heavy atom. The first-order valence-electron chi connectivity index (χ1n) is 11.0. The van der Waals surface area contributed by atoms with E-state index in [9.17, 15) is 4.79 Å². The molecule has 0 saturated carbocycles. The lowest BCUT2D eigenvalue weighted by Crippen LogP contribution is -2.32. The van der Waals surface area contributed by atoms with E-state index in [0.29, 0.717) is 12.6 Å². The van der Waals surface area contributed by atoms with E-state index in [1.54, 1.807) is 12.3 Å². The second kappa shape index (κ2) is 11.0. The highest BCUT2D eigenvalue weighted by molar-refractivity contribution is 5.90. The molecule has 0 aliphatic carbocycles. The zero-order valence-corrected chi connectivity index (χ0v) is 17.7. The SMILES string of the molecule is O=C(C=Cc1ccc(N[C@H]2CCN(Cc3ccccc3)C2)nc1)NOC1CCCCO1. The van der Waals surface area contributed by atoms with E-state index >= 15 is 0 Å². The lowest BCUT2D eigenvalue weighted by molar-refractivity contribution is -0.198. The van der Waals surface area contributed by atoms with Crippen molar-refractivity contribution in [1.82, 2.24) is 15.4 Å². The number of carbonyl (C=O) groups is 1. The first-order valence-corrected chi connectivity index (χ1v) is 11.0. The number of ether oxygens (including phenoxy) is 1. The summed E-state index contributed by atoms with van der Waals surface area (Å²) in [6.45, 7) is 3.74. The monoisotopic (exact) mass is 422 g/mol. The molecule has 0 bridgehead atoms. The van der Waals surface area contributed by atoms with Crippen molar-refractivity contribution in [2.75, 3.05) is 25.0 Å². The van der Waals surface area contributed by atoms with E-state index in [1.165, 1.54) is 11.6 Å². The maximum absolute atomic E-state index is 11.9. The highest BCUT2D eigenvalue weighted by Crippen LogP contribution is 2.17. The highest BCUT2D eigenvalue weighted by Gasteiger charge is 2.22. The second-order valence-electron chi connectivity index (χ2n) is 8.04. The fourth-order valence-corrected chi connectivity index (χ4v) is 3.87. The van der Waals surface area contributed by atoms with Crippen molar-refractivity contribution in [1.29, 1.82) is 0 Å². The molecule has 2 atom stereocenters. The minimum atomic E-state index is -0.350. The van der Waals surface area contributed by atoms with Crippen LogP contribution in [0.5, 0.6) is 0 Å². The average molecular weight is 423 g/mol. The fraction of sp³-hybridized carbons (Fsp3) is 0.417. The Kier molecular flexibility index (Phi) is 7.65. The zero-order chi connectivity index (χ0) is 21.3. The first kappa shape index (κ1) is 21.5. The quantitative estimate of drug-likeness (QED) is 0.502. The van der Waals surface area contributed by atoms with E-state index < -0.39 is 0 Å². The maximum atomic E-state index is 11.9. The van der Waals surface area contributed by atoms with Crippen LogP contribution in [0, 0.1) is 0 Å². The number of nitrogens with zero attached hydrogens (tertiary/aromatic N) is 2. The Hall–Kier alpha value is -2.74. The van der Waals surface area contributed by atoms with Gasteiger partial charge in [-0.05, 0) is 48.6 Å². The molecular formula is C24H30N4O3. The average Bonchev–Trinajstić information content (AvgIpc) is 3.25. The number of pyridine rings is 1. The molecule has 0 radical (unpaired) electrons. The summed E-state index contributed by atoms with van der Waals surface area (Å²) in [5.74, 6) is 0.534. The number of carbonyl (C=O) groups excluding carboxylic acids is 1. The molecule has 2 aromatic rings. The van der Waals surface area contributed by atoms with Crippen LogP contribution < -0.4 is 10.8 Å². The van der Waals surface area contributed by atoms with Gasteiger partial charge in [-0.2, -0.15) is 0 Å². The Morgan fingerprint density at radius 3 is 2.87 bits per heavy atom. The van der Waals surface area contributed by atoms with Crippen LogP contribution in [-0.2, 0) is 20.9 Å². The van der Waals surface area contributed by atoms with Crippen molar-refractivity contribution in [2.24, 2.45) is 0 Å². The summed E-state index contributed by atoms with van der Waals surface area (Å²) in [7, 11) is 0. The molecule has 2 N–H and O–H groups in total. The van der Waals surface area contributed by atoms with Crippen molar-refractivity contribution in [2.45, 2.75) is 44.6 Å². The third-order valence-corrected chi connectivity index (χ3v) is 5.52. The molecule has 164 valence electrons. The normalized spacial score (nSPS) is 21.9. The first-order chi connectivity index (χ1) is 15.2. The van der Waals surface area contributed by atoms with E-state index in [2.05, 4.69) is 51.0 Å². The standard InChI is InChI=1S/C24H30N4O3/c29-23(27-31-24-8-4-5-15-30-24)12-10-19-9-11-22(25-16-19)26-21-13-14-28(18-21)17-20-6-2-1-3-7-20/h1-3,6-7,9-12,16,21,24H,4-5,8,13-15,17-18H2,(H,25,26)(H,27,29)/t21-,24?/m0/s1. The number of hydrogen-bond acceptors (Lipinski definition) is 6. The summed E-state index contributed by atoms with van der Waals surface area (Å²) < 4.78 is 5.41. The van der Waals surface area contributed by atoms with Gasteiger partial charge in [-0.25, -0.2) is 15.3 Å². The van der Waals surface area contributed by atoms with Crippen LogP contribution in [0.3, 0.4) is 0 Å². The molecule has 3 heterocycles. The molecule has 2 saturated heterocycles. The maximum Gasteiger partial charge on any atom is 0.267 e. The van der Waals surface area contributed by atoms with Crippen LogP contribution in [0.2, 0.25) is 0 Å². The van der Waals surface area contributed by atoms with Crippen molar-refractivity contribution in [3.8, 4) is 0 Å². The van der Waals surface area contributed by atoms with Gasteiger partial charge in [0.15, 0.2) is 6.29 Å². The molecule has 31 heavy (non-hydrogen) atoms. The number of nitrogens with one attached hydrogen (secondary N) is 2. The van der Waals surface area contributed by atoms with Crippen LogP contribution in [-0.4, -0.2) is 47.8 Å². The lowest BCUT2D eigenvalue weighted by Gasteiger charge is -2.21.